The second kappa shape index (κ2) is 5.86. The van der Waals surface area contributed by atoms with Gasteiger partial charge >= 0.3 is 12.1 Å². The van der Waals surface area contributed by atoms with Gasteiger partial charge < -0.3 is 9.47 Å². The van der Waals surface area contributed by atoms with Crippen molar-refractivity contribution in [3.63, 3.8) is 0 Å². The number of nitrogens with one attached hydrogen (secondary N) is 1. The van der Waals surface area contributed by atoms with Gasteiger partial charge in [0.05, 0.1) is 12.2 Å². The first-order chi connectivity index (χ1) is 8.33. The molecule has 18 heavy (non-hydrogen) atoms. The lowest BCUT2D eigenvalue weighted by Crippen LogP contribution is -2.27. The topological polar surface area (TPSA) is 64.6 Å². The fourth-order valence-electron chi connectivity index (χ4n) is 1.17. The number of esters is 1. The van der Waals surface area contributed by atoms with Gasteiger partial charge in [-0.25, -0.2) is 9.59 Å². The zero-order valence-electron chi connectivity index (χ0n) is 10.9. The van der Waals surface area contributed by atoms with Gasteiger partial charge in [-0.3, -0.25) is 5.32 Å². The molecule has 0 atom stereocenters. The van der Waals surface area contributed by atoms with Crippen molar-refractivity contribution in [3.8, 4) is 0 Å². The first-order valence-electron chi connectivity index (χ1n) is 5.58. The first-order valence-corrected chi connectivity index (χ1v) is 6.46. The van der Waals surface area contributed by atoms with Crippen LogP contribution in [0.4, 0.5) is 9.80 Å². The van der Waals surface area contributed by atoms with E-state index in [1.807, 2.05) is 0 Å². The maximum absolute atomic E-state index is 11.6. The SMILES string of the molecule is CCOC(=O)c1ccsc1NC(=O)OC(C)(C)C. The van der Waals surface area contributed by atoms with Crippen LogP contribution in [0.1, 0.15) is 38.1 Å². The third kappa shape index (κ3) is 4.37. The summed E-state index contributed by atoms with van der Waals surface area (Å²) < 4.78 is 10.00. The van der Waals surface area contributed by atoms with Gasteiger partial charge in [-0.2, -0.15) is 0 Å². The molecule has 0 saturated carbocycles. The average molecular weight is 271 g/mol. The number of rotatable bonds is 3. The zero-order valence-corrected chi connectivity index (χ0v) is 11.7. The molecule has 0 unspecified atom stereocenters. The molecule has 0 aliphatic rings. The summed E-state index contributed by atoms with van der Waals surface area (Å²) in [6, 6.07) is 1.61. The molecule has 100 valence electrons. The number of anilines is 1. The Morgan fingerprint density at radius 2 is 2.06 bits per heavy atom. The molecule has 1 heterocycles. The molecule has 0 bridgehead atoms. The van der Waals surface area contributed by atoms with Gasteiger partial charge in [0.1, 0.15) is 10.6 Å². The van der Waals surface area contributed by atoms with Gasteiger partial charge in [-0.15, -0.1) is 11.3 Å². The van der Waals surface area contributed by atoms with E-state index in [0.717, 1.165) is 0 Å². The van der Waals surface area contributed by atoms with E-state index in [1.165, 1.54) is 11.3 Å². The van der Waals surface area contributed by atoms with Crippen LogP contribution in [-0.2, 0) is 9.47 Å². The Labute approximate surface area is 110 Å². The van der Waals surface area contributed by atoms with Crippen molar-refractivity contribution in [2.75, 3.05) is 11.9 Å². The van der Waals surface area contributed by atoms with E-state index in [2.05, 4.69) is 5.32 Å². The number of thiophene rings is 1. The Morgan fingerprint density at radius 1 is 1.39 bits per heavy atom. The second-order valence-electron chi connectivity index (χ2n) is 4.51. The lowest BCUT2D eigenvalue weighted by Gasteiger charge is -2.19. The summed E-state index contributed by atoms with van der Waals surface area (Å²) in [5.74, 6) is -0.454. The van der Waals surface area contributed by atoms with Crippen LogP contribution < -0.4 is 5.32 Å². The zero-order chi connectivity index (χ0) is 13.8. The number of amides is 1. The molecule has 0 spiro atoms. The van der Waals surface area contributed by atoms with Crippen LogP contribution in [0, 0.1) is 0 Å². The Bertz CT molecular complexity index is 434. The van der Waals surface area contributed by atoms with Crippen molar-refractivity contribution < 1.29 is 19.1 Å². The predicted octanol–water partition coefficient (Wildman–Crippen LogP) is 3.27. The molecule has 0 fully saturated rings. The third-order valence-electron chi connectivity index (χ3n) is 1.78. The molecule has 0 saturated heterocycles. The van der Waals surface area contributed by atoms with Crippen LogP contribution in [0.5, 0.6) is 0 Å². The average Bonchev–Trinajstić information content (AvgIpc) is 2.62. The van der Waals surface area contributed by atoms with E-state index < -0.39 is 17.7 Å². The summed E-state index contributed by atoms with van der Waals surface area (Å²) in [7, 11) is 0. The number of ether oxygens (including phenoxy) is 2. The predicted molar refractivity (Wildman–Crippen MR) is 70.1 cm³/mol. The minimum atomic E-state index is -0.588. The fraction of sp³-hybridized carbons (Fsp3) is 0.500. The molecular formula is C12H17NO4S. The van der Waals surface area contributed by atoms with Crippen molar-refractivity contribution in [1.29, 1.82) is 0 Å². The molecule has 5 nitrogen and oxygen atoms in total. The maximum Gasteiger partial charge on any atom is 0.412 e. The molecular weight excluding hydrogens is 254 g/mol. The molecule has 0 aliphatic heterocycles. The highest BCUT2D eigenvalue weighted by atomic mass is 32.1. The van der Waals surface area contributed by atoms with Crippen LogP contribution in [0.15, 0.2) is 11.4 Å². The van der Waals surface area contributed by atoms with E-state index in [-0.39, 0.29) is 0 Å². The molecule has 1 rings (SSSR count). The number of carbonyl (C=O) groups is 2. The standard InChI is InChI=1S/C12H17NO4S/c1-5-16-10(14)8-6-7-18-9(8)13-11(15)17-12(2,3)4/h6-7H,5H2,1-4H3,(H,13,15). The monoisotopic (exact) mass is 271 g/mol. The molecule has 1 N–H and O–H groups in total. The van der Waals surface area contributed by atoms with Gasteiger partial charge in [0.2, 0.25) is 0 Å². The van der Waals surface area contributed by atoms with Crippen LogP contribution in [-0.4, -0.2) is 24.3 Å². The van der Waals surface area contributed by atoms with E-state index >= 15 is 0 Å². The highest BCUT2D eigenvalue weighted by molar-refractivity contribution is 7.14. The Kier molecular flexibility index (Phi) is 4.72. The summed E-state index contributed by atoms with van der Waals surface area (Å²) in [5, 5.41) is 4.68. The van der Waals surface area contributed by atoms with Crippen LogP contribution >= 0.6 is 11.3 Å². The third-order valence-corrected chi connectivity index (χ3v) is 2.60. The Balaban J connectivity index is 2.71. The highest BCUT2D eigenvalue weighted by Crippen LogP contribution is 2.24. The minimum absolute atomic E-state index is 0.292. The smallest absolute Gasteiger partial charge is 0.412 e. The van der Waals surface area contributed by atoms with Crippen molar-refractivity contribution >= 4 is 28.4 Å². The Hall–Kier alpha value is -1.56. The quantitative estimate of drug-likeness (QED) is 0.857. The van der Waals surface area contributed by atoms with Gasteiger partial charge in [0.25, 0.3) is 0 Å². The second-order valence-corrected chi connectivity index (χ2v) is 5.43. The molecule has 1 aromatic rings. The largest absolute Gasteiger partial charge is 0.462 e. The Morgan fingerprint density at radius 3 is 2.61 bits per heavy atom. The van der Waals surface area contributed by atoms with E-state index in [0.29, 0.717) is 17.2 Å². The summed E-state index contributed by atoms with van der Waals surface area (Å²) >= 11 is 1.25. The van der Waals surface area contributed by atoms with Gasteiger partial charge in [0.15, 0.2) is 0 Å². The molecule has 0 radical (unpaired) electrons. The van der Waals surface area contributed by atoms with Crippen LogP contribution in [0.25, 0.3) is 0 Å². The maximum atomic E-state index is 11.6. The van der Waals surface area contributed by atoms with E-state index in [9.17, 15) is 9.59 Å². The normalized spacial score (nSPS) is 10.9. The molecule has 0 aromatic carbocycles. The lowest BCUT2D eigenvalue weighted by molar-refractivity contribution is 0.0528. The highest BCUT2D eigenvalue weighted by Gasteiger charge is 2.20. The van der Waals surface area contributed by atoms with E-state index in [4.69, 9.17) is 9.47 Å². The van der Waals surface area contributed by atoms with Crippen molar-refractivity contribution in [2.24, 2.45) is 0 Å². The van der Waals surface area contributed by atoms with Crippen LogP contribution in [0.3, 0.4) is 0 Å². The van der Waals surface area contributed by atoms with Crippen LogP contribution in [0.2, 0.25) is 0 Å². The van der Waals surface area contributed by atoms with Crippen molar-refractivity contribution in [1.82, 2.24) is 0 Å². The summed E-state index contributed by atoms with van der Waals surface area (Å²) in [6.07, 6.45) is -0.588. The van der Waals surface area contributed by atoms with Gasteiger partial charge in [0, 0.05) is 0 Å². The number of hydrogen-bond acceptors (Lipinski definition) is 5. The summed E-state index contributed by atoms with van der Waals surface area (Å²) in [6.45, 7) is 7.33. The minimum Gasteiger partial charge on any atom is -0.462 e. The van der Waals surface area contributed by atoms with Crippen molar-refractivity contribution in [2.45, 2.75) is 33.3 Å². The molecule has 6 heteroatoms. The van der Waals surface area contributed by atoms with E-state index in [1.54, 1.807) is 39.1 Å². The number of hydrogen-bond donors (Lipinski definition) is 1. The first kappa shape index (κ1) is 14.5. The summed E-state index contributed by atoms with van der Waals surface area (Å²) in [4.78, 5) is 23.2. The number of carbonyl (C=O) groups excluding carboxylic acids is 2. The molecule has 0 aliphatic carbocycles. The van der Waals surface area contributed by atoms with Gasteiger partial charge in [-0.05, 0) is 39.1 Å². The van der Waals surface area contributed by atoms with Crippen molar-refractivity contribution in [3.05, 3.63) is 17.0 Å². The lowest BCUT2D eigenvalue weighted by atomic mass is 10.2. The summed E-state index contributed by atoms with van der Waals surface area (Å²) in [5.41, 5.74) is -0.237. The molecule has 1 amide bonds. The fourth-order valence-corrected chi connectivity index (χ4v) is 1.93. The van der Waals surface area contributed by atoms with Gasteiger partial charge in [-0.1, -0.05) is 0 Å². The molecule has 1 aromatic heterocycles.